The maximum atomic E-state index is 13.5. The normalized spacial score (nSPS) is 16.4. The molecular formula is C28H27F2NO6. The van der Waals surface area contributed by atoms with Gasteiger partial charge in [0.2, 0.25) is 0 Å². The van der Waals surface area contributed by atoms with Gasteiger partial charge in [-0.25, -0.2) is 23.3 Å². The highest BCUT2D eigenvalue weighted by atomic mass is 19.1. The van der Waals surface area contributed by atoms with Gasteiger partial charge in [0.1, 0.15) is 29.6 Å². The summed E-state index contributed by atoms with van der Waals surface area (Å²) in [4.78, 5) is 26.0. The molecule has 0 fully saturated rings. The number of rotatable bonds is 8. The number of fused-ring (bicyclic) bond motifs is 1. The fourth-order valence-electron chi connectivity index (χ4n) is 4.26. The highest BCUT2D eigenvalue weighted by Gasteiger charge is 2.35. The number of hydrogen-bond acceptors (Lipinski definition) is 6. The predicted octanol–water partition coefficient (Wildman–Crippen LogP) is 5.10. The summed E-state index contributed by atoms with van der Waals surface area (Å²) in [6.45, 7) is 1.47. The lowest BCUT2D eigenvalue weighted by Crippen LogP contribution is -2.42. The number of carbonyl (C=O) groups excluding carboxylic acids is 2. The molecule has 0 unspecified atom stereocenters. The first-order valence-corrected chi connectivity index (χ1v) is 11.9. The van der Waals surface area contributed by atoms with Crippen LogP contribution in [0.4, 0.5) is 25.0 Å². The van der Waals surface area contributed by atoms with Crippen molar-refractivity contribution in [3.05, 3.63) is 89.5 Å². The van der Waals surface area contributed by atoms with Crippen LogP contribution in [0.1, 0.15) is 24.5 Å². The molecule has 0 heterocycles. The van der Waals surface area contributed by atoms with Crippen LogP contribution in [0.2, 0.25) is 0 Å². The van der Waals surface area contributed by atoms with E-state index in [-0.39, 0.29) is 26.2 Å². The molecule has 194 valence electrons. The Morgan fingerprint density at radius 2 is 1.57 bits per heavy atom. The van der Waals surface area contributed by atoms with E-state index in [1.54, 1.807) is 19.1 Å². The number of halogens is 2. The van der Waals surface area contributed by atoms with E-state index in [1.807, 2.05) is 6.07 Å². The van der Waals surface area contributed by atoms with Crippen molar-refractivity contribution >= 4 is 23.4 Å². The molecule has 0 radical (unpaired) electrons. The lowest BCUT2D eigenvalue weighted by atomic mass is 9.80. The van der Waals surface area contributed by atoms with Crippen LogP contribution >= 0.6 is 0 Å². The number of hydrogen-bond donors (Lipinski definition) is 1. The number of carbonyl (C=O) groups is 2. The minimum absolute atomic E-state index is 0.208. The second-order valence-corrected chi connectivity index (χ2v) is 8.73. The molecule has 37 heavy (non-hydrogen) atoms. The van der Waals surface area contributed by atoms with Gasteiger partial charge >= 0.3 is 12.1 Å². The van der Waals surface area contributed by atoms with E-state index in [0.29, 0.717) is 30.0 Å². The Morgan fingerprint density at radius 3 is 2.16 bits per heavy atom. The summed E-state index contributed by atoms with van der Waals surface area (Å²) in [5.41, 5.74) is 1.01. The van der Waals surface area contributed by atoms with Crippen LogP contribution in [-0.4, -0.2) is 42.6 Å². The van der Waals surface area contributed by atoms with Crippen LogP contribution in [0.3, 0.4) is 0 Å². The van der Waals surface area contributed by atoms with Crippen molar-refractivity contribution in [1.82, 2.24) is 0 Å². The number of esters is 1. The zero-order valence-corrected chi connectivity index (χ0v) is 20.3. The molecule has 3 aromatic carbocycles. The Morgan fingerprint density at radius 1 is 0.946 bits per heavy atom. The molecule has 0 spiro atoms. The summed E-state index contributed by atoms with van der Waals surface area (Å²) < 4.78 is 43.0. The number of benzene rings is 3. The lowest BCUT2D eigenvalue weighted by molar-refractivity contribution is -0.145. The molecule has 1 atom stereocenters. The van der Waals surface area contributed by atoms with Gasteiger partial charge in [-0.15, -0.1) is 0 Å². The molecule has 0 bridgehead atoms. The molecule has 4 rings (SSSR count). The SMILES string of the molecule is CCOC(=O)COc1cccc2c1CC[C@](O)(COC(=O)N(c1ccc(F)cc1)c1ccc(F)cc1)C2. The predicted molar refractivity (Wildman–Crippen MR) is 132 cm³/mol. The molecular weight excluding hydrogens is 484 g/mol. The Balaban J connectivity index is 1.46. The van der Waals surface area contributed by atoms with Crippen molar-refractivity contribution < 1.29 is 37.7 Å². The minimum Gasteiger partial charge on any atom is -0.482 e. The second-order valence-electron chi connectivity index (χ2n) is 8.73. The third kappa shape index (κ3) is 6.42. The topological polar surface area (TPSA) is 85.3 Å². The number of nitrogens with zero attached hydrogens (tertiary/aromatic N) is 1. The fourth-order valence-corrected chi connectivity index (χ4v) is 4.26. The first-order valence-electron chi connectivity index (χ1n) is 11.9. The molecule has 3 aromatic rings. The van der Waals surface area contributed by atoms with E-state index in [0.717, 1.165) is 11.1 Å². The first-order chi connectivity index (χ1) is 17.8. The molecule has 1 amide bonds. The highest BCUT2D eigenvalue weighted by Crippen LogP contribution is 2.35. The summed E-state index contributed by atoms with van der Waals surface area (Å²) in [7, 11) is 0. The molecule has 0 aliphatic heterocycles. The van der Waals surface area contributed by atoms with Gasteiger partial charge in [0.05, 0.1) is 18.0 Å². The maximum Gasteiger partial charge on any atom is 0.419 e. The molecule has 0 aromatic heterocycles. The van der Waals surface area contributed by atoms with Crippen LogP contribution in [-0.2, 0) is 27.1 Å². The van der Waals surface area contributed by atoms with Crippen molar-refractivity contribution in [2.75, 3.05) is 24.7 Å². The summed E-state index contributed by atoms with van der Waals surface area (Å²) in [5, 5.41) is 11.2. The lowest BCUT2D eigenvalue weighted by Gasteiger charge is -2.34. The molecule has 0 saturated heterocycles. The fraction of sp³-hybridized carbons (Fsp3) is 0.286. The van der Waals surface area contributed by atoms with Gasteiger partial charge in [0.25, 0.3) is 0 Å². The van der Waals surface area contributed by atoms with E-state index in [9.17, 15) is 23.5 Å². The van der Waals surface area contributed by atoms with Crippen LogP contribution in [0.5, 0.6) is 5.75 Å². The van der Waals surface area contributed by atoms with Gasteiger partial charge in [-0.2, -0.15) is 0 Å². The first kappa shape index (κ1) is 26.1. The van der Waals surface area contributed by atoms with E-state index in [2.05, 4.69) is 0 Å². The van der Waals surface area contributed by atoms with E-state index < -0.39 is 29.3 Å². The second kappa shape index (κ2) is 11.4. The summed E-state index contributed by atoms with van der Waals surface area (Å²) in [5.74, 6) is -0.872. The number of amides is 1. The van der Waals surface area contributed by atoms with E-state index in [4.69, 9.17) is 14.2 Å². The van der Waals surface area contributed by atoms with E-state index in [1.165, 1.54) is 53.4 Å². The Labute approximate surface area is 213 Å². The van der Waals surface area contributed by atoms with Crippen molar-refractivity contribution in [3.8, 4) is 5.75 Å². The minimum atomic E-state index is -1.33. The Kier molecular flexibility index (Phi) is 8.03. The van der Waals surface area contributed by atoms with Crippen LogP contribution < -0.4 is 9.64 Å². The number of ether oxygens (including phenoxy) is 3. The quantitative estimate of drug-likeness (QED) is 0.424. The summed E-state index contributed by atoms with van der Waals surface area (Å²) in [6.07, 6.45) is 0.144. The average molecular weight is 512 g/mol. The molecule has 9 heteroatoms. The summed E-state index contributed by atoms with van der Waals surface area (Å²) in [6, 6.07) is 15.8. The van der Waals surface area contributed by atoms with Crippen molar-refractivity contribution in [1.29, 1.82) is 0 Å². The van der Waals surface area contributed by atoms with Crippen molar-refractivity contribution in [3.63, 3.8) is 0 Å². The average Bonchev–Trinajstić information content (AvgIpc) is 2.88. The van der Waals surface area contributed by atoms with E-state index >= 15 is 0 Å². The third-order valence-corrected chi connectivity index (χ3v) is 6.06. The highest BCUT2D eigenvalue weighted by molar-refractivity contribution is 5.95. The number of aliphatic hydroxyl groups is 1. The van der Waals surface area contributed by atoms with Gasteiger partial charge in [-0.3, -0.25) is 0 Å². The molecule has 1 N–H and O–H groups in total. The van der Waals surface area contributed by atoms with Crippen molar-refractivity contribution in [2.45, 2.75) is 31.8 Å². The van der Waals surface area contributed by atoms with Crippen LogP contribution in [0.25, 0.3) is 0 Å². The van der Waals surface area contributed by atoms with Gasteiger partial charge < -0.3 is 19.3 Å². The maximum absolute atomic E-state index is 13.5. The van der Waals surface area contributed by atoms with Gasteiger partial charge in [-0.1, -0.05) is 12.1 Å². The standard InChI is InChI=1S/C28H27F2NO6/c1-2-35-26(32)17-36-25-5-3-4-19-16-28(34,15-14-24(19)25)18-37-27(33)31(22-10-6-20(29)7-11-22)23-12-8-21(30)9-13-23/h3-13,34H,2,14-18H2,1H3/t28-/m1/s1. The Hall–Kier alpha value is -3.98. The van der Waals surface area contributed by atoms with Gasteiger partial charge in [-0.05, 0) is 85.5 Å². The number of anilines is 2. The Bertz CT molecular complexity index is 1200. The zero-order chi connectivity index (χ0) is 26.4. The monoisotopic (exact) mass is 511 g/mol. The molecule has 7 nitrogen and oxygen atoms in total. The van der Waals surface area contributed by atoms with Crippen LogP contribution in [0.15, 0.2) is 66.7 Å². The summed E-state index contributed by atoms with van der Waals surface area (Å²) >= 11 is 0. The molecule has 1 aliphatic carbocycles. The van der Waals surface area contributed by atoms with Crippen molar-refractivity contribution in [2.24, 2.45) is 0 Å². The van der Waals surface area contributed by atoms with Gasteiger partial charge in [0, 0.05) is 6.42 Å². The third-order valence-electron chi connectivity index (χ3n) is 6.06. The smallest absolute Gasteiger partial charge is 0.419 e. The van der Waals surface area contributed by atoms with Crippen LogP contribution in [0, 0.1) is 11.6 Å². The molecule has 0 saturated carbocycles. The molecule has 1 aliphatic rings. The van der Waals surface area contributed by atoms with Gasteiger partial charge in [0.15, 0.2) is 6.61 Å². The zero-order valence-electron chi connectivity index (χ0n) is 20.3. The largest absolute Gasteiger partial charge is 0.482 e.